The van der Waals surface area contributed by atoms with Crippen molar-refractivity contribution < 1.29 is 27.5 Å². The van der Waals surface area contributed by atoms with Gasteiger partial charge in [0.15, 0.2) is 0 Å². The summed E-state index contributed by atoms with van der Waals surface area (Å²) < 4.78 is 41.4. The van der Waals surface area contributed by atoms with E-state index in [4.69, 9.17) is 5.11 Å². The predicted molar refractivity (Wildman–Crippen MR) is 35.0 cm³/mol. The zero-order valence-electron chi connectivity index (χ0n) is 4.25. The molecule has 0 aliphatic carbocycles. The molecule has 1 atom stereocenters. The van der Waals surface area contributed by atoms with Gasteiger partial charge in [-0.3, -0.25) is 0 Å². The average Bonchev–Trinajstić information content (AvgIpc) is 1.62. The Bertz CT molecular complexity index is 156. The summed E-state index contributed by atoms with van der Waals surface area (Å²) in [4.78, 5) is 9.53. The van der Waals surface area contributed by atoms with Crippen LogP contribution >= 0.6 is 15.9 Å². The maximum atomic E-state index is 11.9. The predicted octanol–water partition coefficient (Wildman–Crippen LogP) is 0.778. The van der Waals surface area contributed by atoms with Crippen LogP contribution in [0.5, 0.6) is 0 Å². The Balaban J connectivity index is 0. The van der Waals surface area contributed by atoms with Gasteiger partial charge < -0.3 is 5.11 Å². The van der Waals surface area contributed by atoms with E-state index in [1.165, 1.54) is 15.9 Å². The van der Waals surface area contributed by atoms with E-state index in [0.717, 1.165) is 0 Å². The number of rotatable bonds is 1. The summed E-state index contributed by atoms with van der Waals surface area (Å²) in [6.45, 7) is 0. The third-order valence-electron chi connectivity index (χ3n) is 0.625. The summed E-state index contributed by atoms with van der Waals surface area (Å²) in [5.74, 6) is -2.61. The summed E-state index contributed by atoms with van der Waals surface area (Å²) in [7, 11) is 0. The molecule has 0 aliphatic heterocycles. The monoisotopic (exact) mass is 266 g/mol. The minimum absolute atomic E-state index is 0. The average molecular weight is 267 g/mol. The van der Waals surface area contributed by atoms with E-state index >= 15 is 0 Å². The first-order valence-corrected chi connectivity index (χ1v) is 2.67. The van der Waals surface area contributed by atoms with Crippen LogP contribution in [-0.2, 0) is 4.79 Å². The fourth-order valence-electron chi connectivity index (χ4n) is 0.121. The van der Waals surface area contributed by atoms with Gasteiger partial charge in [-0.25, -0.2) is 9.18 Å². The minimum atomic E-state index is -5.43. The van der Waals surface area contributed by atoms with E-state index in [0.29, 0.717) is 0 Å². The number of carboxylic acids is 1. The topological polar surface area (TPSA) is 37.3 Å². The number of alkyl halides is 5. The second kappa shape index (κ2) is 4.25. The van der Waals surface area contributed by atoms with E-state index in [1.807, 2.05) is 0 Å². The maximum absolute atomic E-state index is 11.9. The molecule has 0 saturated carbocycles. The van der Waals surface area contributed by atoms with Crippen molar-refractivity contribution in [1.82, 2.24) is 0 Å². The van der Waals surface area contributed by atoms with Gasteiger partial charge in [-0.05, 0) is 15.9 Å². The summed E-state index contributed by atoms with van der Waals surface area (Å²) in [5.41, 5.74) is 0. The van der Waals surface area contributed by atoms with Crippen LogP contribution in [0.15, 0.2) is 0 Å². The second-order valence-electron chi connectivity index (χ2n) is 1.38. The molecule has 2 nitrogen and oxygen atoms in total. The van der Waals surface area contributed by atoms with Gasteiger partial charge in [0.2, 0.25) is 0 Å². The molecule has 0 radical (unpaired) electrons. The van der Waals surface area contributed by atoms with Gasteiger partial charge >= 0.3 is 54.5 Å². The van der Waals surface area contributed by atoms with Crippen molar-refractivity contribution in [1.29, 1.82) is 0 Å². The molecule has 0 saturated heterocycles. The molecule has 0 amide bonds. The molecule has 0 aromatic rings. The zero-order chi connectivity index (χ0) is 8.58. The molecular weight excluding hydrogens is 264 g/mol. The van der Waals surface area contributed by atoms with Crippen LogP contribution in [0, 0.1) is 0 Å². The van der Waals surface area contributed by atoms with Crippen LogP contribution in [-0.4, -0.2) is 59.6 Å². The van der Waals surface area contributed by atoms with Crippen LogP contribution < -0.4 is 0 Å². The molecule has 11 heavy (non-hydrogen) atoms. The summed E-state index contributed by atoms with van der Waals surface area (Å²) >= 11 is 1.38. The molecule has 0 heterocycles. The SMILES string of the molecule is O=C(O)C(F)(Br)C(F)(F)F.[CaH2]. The molecule has 1 unspecified atom stereocenters. The van der Waals surface area contributed by atoms with Crippen molar-refractivity contribution in [2.45, 2.75) is 10.8 Å². The molecule has 64 valence electrons. The van der Waals surface area contributed by atoms with Crippen LogP contribution in [0.1, 0.15) is 0 Å². The Morgan fingerprint density at radius 2 is 1.55 bits per heavy atom. The molecule has 0 bridgehead atoms. The summed E-state index contributed by atoms with van der Waals surface area (Å²) in [6, 6.07) is 0. The Morgan fingerprint density at radius 3 is 1.55 bits per heavy atom. The number of carboxylic acid groups (broad SMARTS) is 1. The van der Waals surface area contributed by atoms with Crippen LogP contribution in [0.2, 0.25) is 0 Å². The van der Waals surface area contributed by atoms with Crippen molar-refractivity contribution in [2.24, 2.45) is 0 Å². The van der Waals surface area contributed by atoms with Crippen molar-refractivity contribution in [2.75, 3.05) is 0 Å². The van der Waals surface area contributed by atoms with Crippen LogP contribution in [0.4, 0.5) is 17.6 Å². The number of aliphatic carboxylic acids is 1. The zero-order valence-corrected chi connectivity index (χ0v) is 5.83. The fourth-order valence-corrected chi connectivity index (χ4v) is 0.121. The Kier molecular flexibility index (Phi) is 5.58. The third kappa shape index (κ3) is 3.43. The first kappa shape index (κ1) is 14.5. The molecule has 0 spiro atoms. The van der Waals surface area contributed by atoms with E-state index in [1.54, 1.807) is 0 Å². The van der Waals surface area contributed by atoms with Gasteiger partial charge in [0.1, 0.15) is 0 Å². The van der Waals surface area contributed by atoms with Crippen molar-refractivity contribution in [3.8, 4) is 0 Å². The van der Waals surface area contributed by atoms with E-state index in [2.05, 4.69) is 0 Å². The normalized spacial score (nSPS) is 16.5. The fraction of sp³-hybridized carbons (Fsp3) is 0.667. The van der Waals surface area contributed by atoms with E-state index < -0.39 is 16.7 Å². The van der Waals surface area contributed by atoms with Gasteiger partial charge in [-0.2, -0.15) is 13.2 Å². The molecule has 0 fully saturated rings. The van der Waals surface area contributed by atoms with Gasteiger partial charge in [0.25, 0.3) is 0 Å². The first-order chi connectivity index (χ1) is 4.19. The second-order valence-corrected chi connectivity index (χ2v) is 2.47. The standard InChI is InChI=1S/C3HBrF4O2.Ca.2H/c4-2(5,1(9)10)3(6,7)8;;;/h(H,9,10);;;. The number of hydrogen-bond acceptors (Lipinski definition) is 1. The molecule has 8 heteroatoms. The molecule has 1 N–H and O–H groups in total. The van der Waals surface area contributed by atoms with Gasteiger partial charge in [0.05, 0.1) is 0 Å². The Morgan fingerprint density at radius 1 is 1.27 bits per heavy atom. The molecule has 0 aromatic carbocycles. The molecule has 0 aliphatic rings. The quantitative estimate of drug-likeness (QED) is 0.433. The summed E-state index contributed by atoms with van der Waals surface area (Å²) in [6.07, 6.45) is -5.43. The molecule has 0 aromatic heterocycles. The first-order valence-electron chi connectivity index (χ1n) is 1.87. The van der Waals surface area contributed by atoms with Crippen molar-refractivity contribution >= 4 is 59.6 Å². The van der Waals surface area contributed by atoms with E-state index in [9.17, 15) is 22.4 Å². The number of halogens is 5. The van der Waals surface area contributed by atoms with E-state index in [-0.39, 0.29) is 37.7 Å². The van der Waals surface area contributed by atoms with Gasteiger partial charge in [0, 0.05) is 0 Å². The molecular formula is C3H3BrCaF4O2. The Hall–Kier alpha value is 0.930. The van der Waals surface area contributed by atoms with Gasteiger partial charge in [-0.15, -0.1) is 0 Å². The Labute approximate surface area is 97.1 Å². The number of hydrogen-bond donors (Lipinski definition) is 1. The van der Waals surface area contributed by atoms with Crippen molar-refractivity contribution in [3.63, 3.8) is 0 Å². The van der Waals surface area contributed by atoms with Crippen molar-refractivity contribution in [3.05, 3.63) is 0 Å². The molecule has 0 rings (SSSR count). The van der Waals surface area contributed by atoms with Crippen LogP contribution in [0.3, 0.4) is 0 Å². The van der Waals surface area contributed by atoms with Gasteiger partial charge in [-0.1, -0.05) is 0 Å². The summed E-state index contributed by atoms with van der Waals surface area (Å²) in [5, 5.41) is 7.64. The third-order valence-corrected chi connectivity index (χ3v) is 1.41. The number of carbonyl (C=O) groups is 1. The van der Waals surface area contributed by atoms with Crippen LogP contribution in [0.25, 0.3) is 0 Å².